The van der Waals surface area contributed by atoms with Gasteiger partial charge in [-0.25, -0.2) is 0 Å². The van der Waals surface area contributed by atoms with Gasteiger partial charge < -0.3 is 20.7 Å². The quantitative estimate of drug-likeness (QED) is 0.285. The zero-order valence-corrected chi connectivity index (χ0v) is 22.3. The maximum atomic E-state index is 13.8. The number of nitrogens with one attached hydrogen (secondary N) is 1. The summed E-state index contributed by atoms with van der Waals surface area (Å²) in [6.07, 6.45) is 2.67. The number of ether oxygens (including phenoxy) is 1. The van der Waals surface area contributed by atoms with Gasteiger partial charge in [-0.15, -0.1) is 0 Å². The third-order valence-corrected chi connectivity index (χ3v) is 7.49. The number of carbonyl (C=O) groups excluding carboxylic acids is 2. The summed E-state index contributed by atoms with van der Waals surface area (Å²) in [7, 11) is 1.65. The van der Waals surface area contributed by atoms with E-state index in [-0.39, 0.29) is 11.8 Å². The Labute approximate surface area is 229 Å². The van der Waals surface area contributed by atoms with Crippen LogP contribution in [0.4, 0.5) is 0 Å². The minimum atomic E-state index is -0.594. The lowest BCUT2D eigenvalue weighted by molar-refractivity contribution is -0.150. The third-order valence-electron chi connectivity index (χ3n) is 7.49. The predicted octanol–water partition coefficient (Wildman–Crippen LogP) is 5.08. The smallest absolute Gasteiger partial charge is 0.246 e. The molecule has 5 rings (SSSR count). The molecule has 2 atom stereocenters. The number of methoxy groups -OCH3 is 1. The van der Waals surface area contributed by atoms with Gasteiger partial charge in [0.15, 0.2) is 0 Å². The Hall–Kier alpha value is -4.16. The maximum Gasteiger partial charge on any atom is 0.246 e. The Bertz CT molecular complexity index is 1430. The number of fused-ring (bicyclic) bond motifs is 1. The van der Waals surface area contributed by atoms with Gasteiger partial charge in [0.2, 0.25) is 11.8 Å². The molecule has 6 nitrogen and oxygen atoms in total. The molecule has 2 amide bonds. The van der Waals surface area contributed by atoms with E-state index in [1.807, 2.05) is 54.6 Å². The van der Waals surface area contributed by atoms with Gasteiger partial charge >= 0.3 is 0 Å². The molecule has 0 spiro atoms. The van der Waals surface area contributed by atoms with Gasteiger partial charge in [-0.1, -0.05) is 78.9 Å². The third kappa shape index (κ3) is 6.13. The number of rotatable bonds is 10. The first-order valence-corrected chi connectivity index (χ1v) is 13.6. The number of nitrogens with two attached hydrogens (primary N) is 1. The summed E-state index contributed by atoms with van der Waals surface area (Å²) in [5, 5.41) is 5.30. The van der Waals surface area contributed by atoms with Gasteiger partial charge in [-0.2, -0.15) is 0 Å². The van der Waals surface area contributed by atoms with Crippen molar-refractivity contribution < 1.29 is 14.3 Å². The molecule has 1 heterocycles. The van der Waals surface area contributed by atoms with Crippen molar-refractivity contribution in [2.45, 2.75) is 44.3 Å². The van der Waals surface area contributed by atoms with Crippen LogP contribution >= 0.6 is 0 Å². The number of carbonyl (C=O) groups is 2. The number of nitrogens with zero attached hydrogens (tertiary/aromatic N) is 1. The van der Waals surface area contributed by atoms with Gasteiger partial charge in [-0.05, 0) is 71.0 Å². The SMILES string of the molecule is COc1ccc(-c2ccc(CN3C(=O)[C@H](Cc4ccc5ccccc5c4)NC(=O)[C@@H]3CCCCN)cc2)cc1. The minimum absolute atomic E-state index is 0.0419. The standard InChI is InChI=1S/C33H35N3O3/c1-39-29-17-15-27(16-18-29)26-12-9-23(10-13-26)22-36-31(8-4-5-19-34)32(37)35-30(33(36)38)21-24-11-14-25-6-2-3-7-28(25)20-24/h2-3,6-7,9-18,20,30-31H,4-5,8,19,21-22,34H2,1H3,(H,35,37)/t30-,31-/m0/s1. The van der Waals surface area contributed by atoms with Crippen LogP contribution < -0.4 is 15.8 Å². The summed E-state index contributed by atoms with van der Waals surface area (Å²) >= 11 is 0. The van der Waals surface area contributed by atoms with E-state index in [1.165, 1.54) is 0 Å². The predicted molar refractivity (Wildman–Crippen MR) is 155 cm³/mol. The van der Waals surface area contributed by atoms with Crippen LogP contribution in [0.3, 0.4) is 0 Å². The molecule has 0 unspecified atom stereocenters. The van der Waals surface area contributed by atoms with Gasteiger partial charge in [-0.3, -0.25) is 9.59 Å². The first kappa shape index (κ1) is 26.4. The molecule has 39 heavy (non-hydrogen) atoms. The Morgan fingerprint density at radius 1 is 0.821 bits per heavy atom. The van der Waals surface area contributed by atoms with Crippen LogP contribution in [0.25, 0.3) is 21.9 Å². The van der Waals surface area contributed by atoms with Crippen LogP contribution in [0.2, 0.25) is 0 Å². The van der Waals surface area contributed by atoms with E-state index >= 15 is 0 Å². The number of hydrogen-bond donors (Lipinski definition) is 2. The van der Waals surface area contributed by atoms with Crippen LogP contribution in [0.5, 0.6) is 5.75 Å². The molecule has 3 N–H and O–H groups in total. The highest BCUT2D eigenvalue weighted by atomic mass is 16.5. The van der Waals surface area contributed by atoms with Crippen molar-refractivity contribution in [3.05, 3.63) is 102 Å². The number of benzene rings is 4. The van der Waals surface area contributed by atoms with Crippen molar-refractivity contribution in [2.24, 2.45) is 5.73 Å². The number of hydrogen-bond acceptors (Lipinski definition) is 4. The van der Waals surface area contributed by atoms with E-state index in [0.29, 0.717) is 25.9 Å². The second-order valence-electron chi connectivity index (χ2n) is 10.1. The summed E-state index contributed by atoms with van der Waals surface area (Å²) in [5.74, 6) is 0.684. The zero-order valence-electron chi connectivity index (χ0n) is 22.3. The highest BCUT2D eigenvalue weighted by molar-refractivity contribution is 5.97. The molecule has 1 fully saturated rings. The average molecular weight is 522 g/mol. The van der Waals surface area contributed by atoms with Crippen molar-refractivity contribution in [2.75, 3.05) is 13.7 Å². The molecule has 1 aliphatic heterocycles. The molecule has 4 aromatic rings. The van der Waals surface area contributed by atoms with Crippen molar-refractivity contribution in [1.82, 2.24) is 10.2 Å². The van der Waals surface area contributed by atoms with Crippen molar-refractivity contribution in [3.8, 4) is 16.9 Å². The Morgan fingerprint density at radius 3 is 2.18 bits per heavy atom. The van der Waals surface area contributed by atoms with E-state index < -0.39 is 12.1 Å². The summed E-state index contributed by atoms with van der Waals surface area (Å²) < 4.78 is 5.26. The monoisotopic (exact) mass is 521 g/mol. The topological polar surface area (TPSA) is 84.7 Å². The lowest BCUT2D eigenvalue weighted by Gasteiger charge is -2.39. The van der Waals surface area contributed by atoms with Crippen LogP contribution in [0, 0.1) is 0 Å². The van der Waals surface area contributed by atoms with Gasteiger partial charge in [0.1, 0.15) is 17.8 Å². The van der Waals surface area contributed by atoms with Crippen molar-refractivity contribution >= 4 is 22.6 Å². The minimum Gasteiger partial charge on any atom is -0.497 e. The van der Waals surface area contributed by atoms with Crippen LogP contribution in [0.15, 0.2) is 91.0 Å². The maximum absolute atomic E-state index is 13.8. The number of amides is 2. The van der Waals surface area contributed by atoms with Crippen LogP contribution in [0.1, 0.15) is 30.4 Å². The highest BCUT2D eigenvalue weighted by Gasteiger charge is 2.40. The second-order valence-corrected chi connectivity index (χ2v) is 10.1. The molecule has 0 aliphatic carbocycles. The van der Waals surface area contributed by atoms with Gasteiger partial charge in [0.25, 0.3) is 0 Å². The highest BCUT2D eigenvalue weighted by Crippen LogP contribution is 2.26. The molecule has 0 saturated carbocycles. The van der Waals surface area contributed by atoms with Crippen molar-refractivity contribution in [1.29, 1.82) is 0 Å². The van der Waals surface area contributed by atoms with E-state index in [1.54, 1.807) is 12.0 Å². The second kappa shape index (κ2) is 12.1. The molecule has 6 heteroatoms. The molecule has 1 saturated heterocycles. The molecule has 200 valence electrons. The normalized spacial score (nSPS) is 17.3. The number of piperazine rings is 1. The summed E-state index contributed by atoms with van der Waals surface area (Å²) in [4.78, 5) is 28.9. The largest absolute Gasteiger partial charge is 0.497 e. The molecular weight excluding hydrogens is 486 g/mol. The van der Waals surface area contributed by atoms with E-state index in [4.69, 9.17) is 10.5 Å². The average Bonchev–Trinajstić information content (AvgIpc) is 2.97. The van der Waals surface area contributed by atoms with Crippen LogP contribution in [-0.4, -0.2) is 42.5 Å². The van der Waals surface area contributed by atoms with Gasteiger partial charge in [0.05, 0.1) is 7.11 Å². The summed E-state index contributed by atoms with van der Waals surface area (Å²) in [6.45, 7) is 0.955. The molecule has 0 radical (unpaired) electrons. The molecular formula is C33H35N3O3. The molecule has 4 aromatic carbocycles. The van der Waals surface area contributed by atoms with E-state index in [0.717, 1.165) is 51.6 Å². The fourth-order valence-corrected chi connectivity index (χ4v) is 5.30. The first-order chi connectivity index (χ1) is 19.1. The fourth-order valence-electron chi connectivity index (χ4n) is 5.30. The Kier molecular flexibility index (Phi) is 8.23. The Balaban J connectivity index is 1.35. The zero-order chi connectivity index (χ0) is 27.2. The first-order valence-electron chi connectivity index (χ1n) is 13.6. The van der Waals surface area contributed by atoms with E-state index in [2.05, 4.69) is 41.7 Å². The fraction of sp³-hybridized carbons (Fsp3) is 0.273. The Morgan fingerprint density at radius 2 is 1.49 bits per heavy atom. The van der Waals surface area contributed by atoms with Gasteiger partial charge in [0, 0.05) is 13.0 Å². The molecule has 1 aliphatic rings. The van der Waals surface area contributed by atoms with Crippen molar-refractivity contribution in [3.63, 3.8) is 0 Å². The molecule has 0 aromatic heterocycles. The lowest BCUT2D eigenvalue weighted by Crippen LogP contribution is -2.63. The summed E-state index contributed by atoms with van der Waals surface area (Å²) in [6, 6.07) is 29.4. The molecule has 0 bridgehead atoms. The summed E-state index contributed by atoms with van der Waals surface area (Å²) in [5.41, 5.74) is 9.89. The number of unbranched alkanes of at least 4 members (excludes halogenated alkanes) is 1. The lowest BCUT2D eigenvalue weighted by atomic mass is 9.95. The van der Waals surface area contributed by atoms with Crippen LogP contribution in [-0.2, 0) is 22.6 Å². The van der Waals surface area contributed by atoms with E-state index in [9.17, 15) is 9.59 Å².